The molecule has 156 valence electrons. The lowest BCUT2D eigenvalue weighted by molar-refractivity contribution is -0.253. The van der Waals surface area contributed by atoms with E-state index in [0.717, 1.165) is 48.3 Å². The van der Waals surface area contributed by atoms with E-state index in [1.54, 1.807) is 0 Å². The van der Waals surface area contributed by atoms with E-state index in [9.17, 15) is 5.11 Å². The van der Waals surface area contributed by atoms with Crippen molar-refractivity contribution in [3.05, 3.63) is 70.8 Å². The maximum absolute atomic E-state index is 9.33. The van der Waals surface area contributed by atoms with Crippen LogP contribution in [0.2, 0.25) is 0 Å². The second kappa shape index (κ2) is 9.83. The maximum Gasteiger partial charge on any atom is 0.184 e. The number of hydrogen-bond acceptors (Lipinski definition) is 5. The van der Waals surface area contributed by atoms with Gasteiger partial charge in [-0.15, -0.1) is 0 Å². The van der Waals surface area contributed by atoms with Crippen molar-refractivity contribution in [2.75, 3.05) is 19.6 Å². The van der Waals surface area contributed by atoms with Crippen molar-refractivity contribution in [2.24, 2.45) is 5.73 Å². The molecule has 0 saturated carbocycles. The average Bonchev–Trinajstić information content (AvgIpc) is 2.79. The van der Waals surface area contributed by atoms with Crippen LogP contribution in [0.3, 0.4) is 0 Å². The van der Waals surface area contributed by atoms with E-state index < -0.39 is 0 Å². The third-order valence-electron chi connectivity index (χ3n) is 6.01. The van der Waals surface area contributed by atoms with E-state index in [-0.39, 0.29) is 25.1 Å². The Bertz CT molecular complexity index is 701. The second-order valence-corrected chi connectivity index (χ2v) is 8.16. The van der Waals surface area contributed by atoms with Gasteiger partial charge in [-0.3, -0.25) is 0 Å². The topological polar surface area (TPSA) is 68.0 Å². The van der Waals surface area contributed by atoms with Crippen LogP contribution < -0.4 is 5.73 Å². The first-order chi connectivity index (χ1) is 14.2. The highest BCUT2D eigenvalue weighted by Gasteiger charge is 2.33. The van der Waals surface area contributed by atoms with Crippen LogP contribution in [0, 0.1) is 0 Å². The number of nitrogens with two attached hydrogens (primary N) is 1. The van der Waals surface area contributed by atoms with Gasteiger partial charge in [-0.25, -0.2) is 0 Å². The fraction of sp³-hybridized carbons (Fsp3) is 0.500. The van der Waals surface area contributed by atoms with Crippen molar-refractivity contribution in [2.45, 2.75) is 57.3 Å². The number of hydrogen-bond donors (Lipinski definition) is 2. The van der Waals surface area contributed by atoms with E-state index in [4.69, 9.17) is 15.2 Å². The van der Waals surface area contributed by atoms with Crippen LogP contribution >= 0.6 is 0 Å². The number of ether oxygens (including phenoxy) is 2. The summed E-state index contributed by atoms with van der Waals surface area (Å²) in [7, 11) is 0. The molecule has 0 unspecified atom stereocenters. The highest BCUT2D eigenvalue weighted by atomic mass is 16.7. The fourth-order valence-corrected chi connectivity index (χ4v) is 4.27. The van der Waals surface area contributed by atoms with Crippen molar-refractivity contribution in [3.63, 3.8) is 0 Å². The van der Waals surface area contributed by atoms with Crippen LogP contribution in [0.25, 0.3) is 0 Å². The normalized spacial score (nSPS) is 25.8. The van der Waals surface area contributed by atoms with Gasteiger partial charge in [0.15, 0.2) is 6.29 Å². The summed E-state index contributed by atoms with van der Waals surface area (Å²) in [6, 6.07) is 16.3. The number of nitrogens with zero attached hydrogens (tertiary/aromatic N) is 1. The molecule has 29 heavy (non-hydrogen) atoms. The minimum absolute atomic E-state index is 0.0227. The van der Waals surface area contributed by atoms with E-state index in [0.29, 0.717) is 6.54 Å². The molecule has 0 amide bonds. The molecule has 2 saturated heterocycles. The Balaban J connectivity index is 1.53. The summed E-state index contributed by atoms with van der Waals surface area (Å²) in [5.74, 6) is 0. The number of aliphatic hydroxyl groups excluding tert-OH is 1. The van der Waals surface area contributed by atoms with E-state index in [2.05, 4.69) is 29.2 Å². The molecular formula is C24H32N2O3. The minimum Gasteiger partial charge on any atom is -0.392 e. The van der Waals surface area contributed by atoms with E-state index in [1.165, 1.54) is 19.3 Å². The Labute approximate surface area is 173 Å². The SMILES string of the molecule is NCc1ccc([C@@H]2O[C@H](CN3CCCCC3)C[C@H](c3ccc(CO)cc3)O2)cc1. The largest absolute Gasteiger partial charge is 0.392 e. The first-order valence-corrected chi connectivity index (χ1v) is 10.8. The zero-order valence-electron chi connectivity index (χ0n) is 17.0. The monoisotopic (exact) mass is 396 g/mol. The molecule has 0 spiro atoms. The Morgan fingerprint density at radius 2 is 1.52 bits per heavy atom. The molecule has 0 radical (unpaired) electrons. The predicted molar refractivity (Wildman–Crippen MR) is 113 cm³/mol. The fourth-order valence-electron chi connectivity index (χ4n) is 4.27. The zero-order valence-corrected chi connectivity index (χ0v) is 17.0. The Kier molecular flexibility index (Phi) is 6.95. The second-order valence-electron chi connectivity index (χ2n) is 8.16. The highest BCUT2D eigenvalue weighted by molar-refractivity contribution is 5.26. The molecule has 2 aliphatic rings. The van der Waals surface area contributed by atoms with Gasteiger partial charge < -0.3 is 25.2 Å². The van der Waals surface area contributed by atoms with Crippen molar-refractivity contribution < 1.29 is 14.6 Å². The third-order valence-corrected chi connectivity index (χ3v) is 6.01. The van der Waals surface area contributed by atoms with Gasteiger partial charge in [0.05, 0.1) is 18.8 Å². The van der Waals surface area contributed by atoms with E-state index >= 15 is 0 Å². The summed E-state index contributed by atoms with van der Waals surface area (Å²) >= 11 is 0. The summed E-state index contributed by atoms with van der Waals surface area (Å²) in [6.45, 7) is 3.86. The summed E-state index contributed by atoms with van der Waals surface area (Å²) in [6.07, 6.45) is 4.45. The first-order valence-electron chi connectivity index (χ1n) is 10.8. The molecule has 5 heteroatoms. The predicted octanol–water partition coefficient (Wildman–Crippen LogP) is 3.67. The minimum atomic E-state index is -0.382. The number of aliphatic hydroxyl groups is 1. The van der Waals surface area contributed by atoms with Crippen LogP contribution in [0.5, 0.6) is 0 Å². The van der Waals surface area contributed by atoms with Crippen molar-refractivity contribution in [1.29, 1.82) is 0 Å². The average molecular weight is 397 g/mol. The van der Waals surface area contributed by atoms with Gasteiger partial charge in [-0.2, -0.15) is 0 Å². The standard InChI is InChI=1S/C24H32N2O3/c25-15-18-4-10-21(11-5-18)24-28-22(16-26-12-2-1-3-13-26)14-23(29-24)20-8-6-19(17-27)7-9-20/h4-11,22-24,27H,1-3,12-17,25H2/t22-,23+,24+/m0/s1. The van der Waals surface area contributed by atoms with Gasteiger partial charge in [0.25, 0.3) is 0 Å². The lowest BCUT2D eigenvalue weighted by atomic mass is 9.99. The Morgan fingerprint density at radius 3 is 2.17 bits per heavy atom. The lowest BCUT2D eigenvalue weighted by Crippen LogP contribution is -2.41. The number of piperidine rings is 1. The molecule has 2 heterocycles. The van der Waals surface area contributed by atoms with Gasteiger partial charge in [-0.1, -0.05) is 55.0 Å². The van der Waals surface area contributed by atoms with Gasteiger partial charge in [0.1, 0.15) is 0 Å². The van der Waals surface area contributed by atoms with Crippen molar-refractivity contribution in [1.82, 2.24) is 4.90 Å². The van der Waals surface area contributed by atoms with Crippen LogP contribution in [0.15, 0.2) is 48.5 Å². The van der Waals surface area contributed by atoms with Crippen LogP contribution in [-0.2, 0) is 22.6 Å². The molecule has 4 rings (SSSR count). The summed E-state index contributed by atoms with van der Waals surface area (Å²) in [5, 5.41) is 9.33. The molecule has 0 aromatic heterocycles. The highest BCUT2D eigenvalue weighted by Crippen LogP contribution is 2.38. The number of rotatable bonds is 6. The quantitative estimate of drug-likeness (QED) is 0.780. The summed E-state index contributed by atoms with van der Waals surface area (Å²) in [5.41, 5.74) is 9.93. The molecular weight excluding hydrogens is 364 g/mol. The molecule has 5 nitrogen and oxygen atoms in total. The molecule has 2 aromatic carbocycles. The first kappa shape index (κ1) is 20.5. The molecule has 0 aliphatic carbocycles. The number of likely N-dealkylation sites (tertiary alicyclic amines) is 1. The Hall–Kier alpha value is -1.76. The van der Waals surface area contributed by atoms with Crippen molar-refractivity contribution >= 4 is 0 Å². The van der Waals surface area contributed by atoms with Crippen LogP contribution in [-0.4, -0.2) is 35.7 Å². The molecule has 3 atom stereocenters. The van der Waals surface area contributed by atoms with Gasteiger partial charge in [0.2, 0.25) is 0 Å². The molecule has 2 aliphatic heterocycles. The summed E-state index contributed by atoms with van der Waals surface area (Å²) in [4.78, 5) is 2.53. The lowest BCUT2D eigenvalue weighted by Gasteiger charge is -2.39. The van der Waals surface area contributed by atoms with Gasteiger partial charge >= 0.3 is 0 Å². The van der Waals surface area contributed by atoms with Gasteiger partial charge in [-0.05, 0) is 42.6 Å². The molecule has 3 N–H and O–H groups in total. The van der Waals surface area contributed by atoms with Crippen LogP contribution in [0.1, 0.15) is 60.3 Å². The molecule has 2 aromatic rings. The molecule has 2 fully saturated rings. The molecule has 0 bridgehead atoms. The van der Waals surface area contributed by atoms with Gasteiger partial charge in [0, 0.05) is 25.1 Å². The maximum atomic E-state index is 9.33. The zero-order chi connectivity index (χ0) is 20.1. The summed E-state index contributed by atoms with van der Waals surface area (Å²) < 4.78 is 12.8. The smallest absolute Gasteiger partial charge is 0.184 e. The third kappa shape index (κ3) is 5.24. The van der Waals surface area contributed by atoms with Crippen molar-refractivity contribution in [3.8, 4) is 0 Å². The van der Waals surface area contributed by atoms with E-state index in [1.807, 2.05) is 24.3 Å². The van der Waals surface area contributed by atoms with Crippen LogP contribution in [0.4, 0.5) is 0 Å². The number of benzene rings is 2. The Morgan fingerprint density at radius 1 is 0.862 bits per heavy atom.